The average Bonchev–Trinajstić information content (AvgIpc) is 2.37. The van der Waals surface area contributed by atoms with Crippen molar-refractivity contribution in [3.8, 4) is 0 Å². The van der Waals surface area contributed by atoms with Gasteiger partial charge in [0.05, 0.1) is 16.4 Å². The Balaban J connectivity index is 2.71. The van der Waals surface area contributed by atoms with Crippen molar-refractivity contribution in [2.45, 2.75) is 4.90 Å². The molecule has 1 heterocycles. The van der Waals surface area contributed by atoms with E-state index in [1.54, 1.807) is 0 Å². The van der Waals surface area contributed by atoms with Crippen molar-refractivity contribution < 1.29 is 17.9 Å². The molecule has 14 heavy (non-hydrogen) atoms. The monoisotopic (exact) mass is 214 g/mol. The Labute approximate surface area is 80.4 Å². The standard InChI is InChI=1S/C9H7FO3S/c10-7-1-2-9-6(3-7)4-8(5-11)14(9,12)13/h1-4,11H,5H2. The fourth-order valence-electron chi connectivity index (χ4n) is 1.40. The quantitative estimate of drug-likeness (QED) is 0.708. The average molecular weight is 214 g/mol. The van der Waals surface area contributed by atoms with Gasteiger partial charge < -0.3 is 5.11 Å². The number of benzene rings is 1. The summed E-state index contributed by atoms with van der Waals surface area (Å²) >= 11 is 0. The van der Waals surface area contributed by atoms with Gasteiger partial charge in [-0.1, -0.05) is 0 Å². The van der Waals surface area contributed by atoms with Crippen LogP contribution in [0.2, 0.25) is 0 Å². The molecule has 5 heteroatoms. The number of fused-ring (bicyclic) bond motifs is 1. The molecule has 0 spiro atoms. The highest BCUT2D eigenvalue weighted by Gasteiger charge is 2.28. The zero-order valence-electron chi connectivity index (χ0n) is 7.07. The van der Waals surface area contributed by atoms with E-state index in [0.29, 0.717) is 5.56 Å². The SMILES string of the molecule is O=S1(=O)C(CO)=Cc2cc(F)ccc21. The Morgan fingerprint density at radius 3 is 2.71 bits per heavy atom. The lowest BCUT2D eigenvalue weighted by Gasteiger charge is -1.99. The zero-order valence-corrected chi connectivity index (χ0v) is 7.88. The minimum atomic E-state index is -3.57. The molecule has 0 amide bonds. The van der Waals surface area contributed by atoms with Crippen LogP contribution in [0.1, 0.15) is 5.56 Å². The maximum atomic E-state index is 12.8. The molecule has 2 rings (SSSR count). The van der Waals surface area contributed by atoms with E-state index >= 15 is 0 Å². The molecule has 0 saturated carbocycles. The van der Waals surface area contributed by atoms with Crippen LogP contribution in [0.3, 0.4) is 0 Å². The summed E-state index contributed by atoms with van der Waals surface area (Å²) in [6.07, 6.45) is 1.29. The van der Waals surface area contributed by atoms with Crippen LogP contribution in [0.5, 0.6) is 0 Å². The van der Waals surface area contributed by atoms with Crippen LogP contribution in [-0.4, -0.2) is 20.1 Å². The van der Waals surface area contributed by atoms with E-state index in [9.17, 15) is 12.8 Å². The number of sulfone groups is 1. The van der Waals surface area contributed by atoms with Crippen LogP contribution < -0.4 is 0 Å². The molecule has 0 aromatic heterocycles. The summed E-state index contributed by atoms with van der Waals surface area (Å²) in [4.78, 5) is -0.0268. The van der Waals surface area contributed by atoms with E-state index < -0.39 is 22.3 Å². The van der Waals surface area contributed by atoms with Crippen LogP contribution in [0.4, 0.5) is 4.39 Å². The first kappa shape index (κ1) is 9.36. The largest absolute Gasteiger partial charge is 0.391 e. The van der Waals surface area contributed by atoms with Crippen LogP contribution in [0.25, 0.3) is 6.08 Å². The molecule has 1 N–H and O–H groups in total. The third kappa shape index (κ3) is 1.17. The lowest BCUT2D eigenvalue weighted by molar-refractivity contribution is 0.339. The highest BCUT2D eigenvalue weighted by atomic mass is 32.2. The van der Waals surface area contributed by atoms with Gasteiger partial charge in [0.2, 0.25) is 9.84 Å². The van der Waals surface area contributed by atoms with Crippen molar-refractivity contribution in [3.63, 3.8) is 0 Å². The van der Waals surface area contributed by atoms with Crippen molar-refractivity contribution in [1.82, 2.24) is 0 Å². The Hall–Kier alpha value is -1.20. The summed E-state index contributed by atoms with van der Waals surface area (Å²) in [5, 5.41) is 8.80. The van der Waals surface area contributed by atoms with E-state index in [4.69, 9.17) is 5.11 Å². The molecule has 1 aromatic carbocycles. The second-order valence-electron chi connectivity index (χ2n) is 2.95. The van der Waals surface area contributed by atoms with Crippen molar-refractivity contribution in [1.29, 1.82) is 0 Å². The first-order valence-electron chi connectivity index (χ1n) is 3.92. The van der Waals surface area contributed by atoms with Crippen molar-refractivity contribution in [2.24, 2.45) is 0 Å². The molecule has 74 valence electrons. The van der Waals surface area contributed by atoms with Gasteiger partial charge in [-0.25, -0.2) is 12.8 Å². The fourth-order valence-corrected chi connectivity index (χ4v) is 2.81. The van der Waals surface area contributed by atoms with Gasteiger partial charge >= 0.3 is 0 Å². The third-order valence-electron chi connectivity index (χ3n) is 2.08. The lowest BCUT2D eigenvalue weighted by atomic mass is 10.2. The Kier molecular flexibility index (Phi) is 1.94. The number of hydrogen-bond donors (Lipinski definition) is 1. The van der Waals surface area contributed by atoms with Gasteiger partial charge in [-0.3, -0.25) is 0 Å². The summed E-state index contributed by atoms with van der Waals surface area (Å²) in [7, 11) is -3.57. The minimum Gasteiger partial charge on any atom is -0.391 e. The fraction of sp³-hybridized carbons (Fsp3) is 0.111. The van der Waals surface area contributed by atoms with Gasteiger partial charge in [0.1, 0.15) is 5.82 Å². The predicted octanol–water partition coefficient (Wildman–Crippen LogP) is 0.946. The maximum absolute atomic E-state index is 12.8. The summed E-state index contributed by atoms with van der Waals surface area (Å²) in [6.45, 7) is -0.557. The molecule has 3 nitrogen and oxygen atoms in total. The minimum absolute atomic E-state index is 0.0583. The molecule has 1 aliphatic rings. The molecule has 0 radical (unpaired) electrons. The molecule has 0 bridgehead atoms. The highest BCUT2D eigenvalue weighted by Crippen LogP contribution is 2.32. The molecule has 1 aromatic rings. The van der Waals surface area contributed by atoms with Gasteiger partial charge in [0, 0.05) is 0 Å². The van der Waals surface area contributed by atoms with Crippen LogP contribution in [0, 0.1) is 5.82 Å². The van der Waals surface area contributed by atoms with Gasteiger partial charge in [-0.2, -0.15) is 0 Å². The summed E-state index contributed by atoms with van der Waals surface area (Å²) in [5.74, 6) is -0.491. The van der Waals surface area contributed by atoms with E-state index in [0.717, 1.165) is 12.1 Å². The molecular formula is C9H7FO3S. The van der Waals surface area contributed by atoms with Gasteiger partial charge in [0.15, 0.2) is 0 Å². The number of aliphatic hydroxyl groups excluding tert-OH is 1. The van der Waals surface area contributed by atoms with Crippen molar-refractivity contribution in [2.75, 3.05) is 6.61 Å². The van der Waals surface area contributed by atoms with E-state index in [1.165, 1.54) is 12.1 Å². The number of halogens is 1. The molecule has 0 fully saturated rings. The van der Waals surface area contributed by atoms with E-state index in [1.807, 2.05) is 0 Å². The van der Waals surface area contributed by atoms with Gasteiger partial charge in [-0.15, -0.1) is 0 Å². The summed E-state index contributed by atoms with van der Waals surface area (Å²) in [5.41, 5.74) is 0.300. The van der Waals surface area contributed by atoms with E-state index in [-0.39, 0.29) is 9.80 Å². The Bertz CT molecular complexity index is 517. The lowest BCUT2D eigenvalue weighted by Crippen LogP contribution is -2.03. The van der Waals surface area contributed by atoms with Gasteiger partial charge in [-0.05, 0) is 29.8 Å². The van der Waals surface area contributed by atoms with E-state index in [2.05, 4.69) is 0 Å². The van der Waals surface area contributed by atoms with Crippen LogP contribution >= 0.6 is 0 Å². The predicted molar refractivity (Wildman–Crippen MR) is 48.6 cm³/mol. The van der Waals surface area contributed by atoms with Crippen molar-refractivity contribution >= 4 is 15.9 Å². The smallest absolute Gasteiger partial charge is 0.205 e. The summed E-state index contributed by atoms with van der Waals surface area (Å²) in [6, 6.07) is 3.43. The number of aliphatic hydroxyl groups is 1. The maximum Gasteiger partial charge on any atom is 0.205 e. The Morgan fingerprint density at radius 2 is 2.07 bits per heavy atom. The molecule has 1 aliphatic heterocycles. The molecule has 0 aliphatic carbocycles. The summed E-state index contributed by atoms with van der Waals surface area (Å²) < 4.78 is 35.9. The third-order valence-corrected chi connectivity index (χ3v) is 3.97. The molecular weight excluding hydrogens is 207 g/mol. The van der Waals surface area contributed by atoms with Crippen LogP contribution in [-0.2, 0) is 9.84 Å². The van der Waals surface area contributed by atoms with Crippen LogP contribution in [0.15, 0.2) is 28.0 Å². The zero-order chi connectivity index (χ0) is 10.3. The van der Waals surface area contributed by atoms with Gasteiger partial charge in [0.25, 0.3) is 0 Å². The normalized spacial score (nSPS) is 17.7. The first-order chi connectivity index (χ1) is 6.55. The second-order valence-corrected chi connectivity index (χ2v) is 4.93. The number of rotatable bonds is 1. The Morgan fingerprint density at radius 1 is 1.36 bits per heavy atom. The first-order valence-corrected chi connectivity index (χ1v) is 5.40. The molecule has 0 unspecified atom stereocenters. The second kappa shape index (κ2) is 2.90. The molecule has 0 atom stereocenters. The van der Waals surface area contributed by atoms with Crippen molar-refractivity contribution in [3.05, 3.63) is 34.5 Å². The highest BCUT2D eigenvalue weighted by molar-refractivity contribution is 7.95. The topological polar surface area (TPSA) is 54.4 Å². The molecule has 0 saturated heterocycles. The number of hydrogen-bond acceptors (Lipinski definition) is 3.